The van der Waals surface area contributed by atoms with Crippen LogP contribution in [0.2, 0.25) is 0 Å². The van der Waals surface area contributed by atoms with Crippen LogP contribution in [0.15, 0.2) is 22.9 Å². The minimum absolute atomic E-state index is 0.519. The van der Waals surface area contributed by atoms with Crippen LogP contribution >= 0.6 is 0 Å². The molecule has 0 saturated heterocycles. The van der Waals surface area contributed by atoms with Crippen LogP contribution in [0.4, 0.5) is 0 Å². The van der Waals surface area contributed by atoms with Crippen LogP contribution in [-0.4, -0.2) is 11.8 Å². The normalized spacial score (nSPS) is 19.1. The fraction of sp³-hybridized carbons (Fsp3) is 0.200. The van der Waals surface area contributed by atoms with E-state index in [2.05, 4.69) is 16.8 Å². The molecule has 1 aliphatic rings. The van der Waals surface area contributed by atoms with Crippen molar-refractivity contribution >= 4 is 11.8 Å². The Kier molecular flexibility index (Phi) is 1.22. The predicted octanol–water partition coefficient (Wildman–Crippen LogP) is 0.308. The first-order valence-corrected chi connectivity index (χ1v) is 2.37. The minimum Gasteiger partial charge on any atom is -0.270 e. The summed E-state index contributed by atoms with van der Waals surface area (Å²) in [4.78, 5) is 20.9. The number of hydrogen-bond acceptors (Lipinski definition) is 2. The molecule has 0 spiro atoms. The number of hydrogen-bond donors (Lipinski definition) is 0. The second-order valence-corrected chi connectivity index (χ2v) is 1.59. The summed E-state index contributed by atoms with van der Waals surface area (Å²) in [6, 6.07) is 0. The van der Waals surface area contributed by atoms with Crippen molar-refractivity contribution in [2.45, 2.75) is 0 Å². The molecule has 4 heteroatoms. The first-order valence-electron chi connectivity index (χ1n) is 2.37. The third-order valence-corrected chi connectivity index (χ3v) is 1.01. The van der Waals surface area contributed by atoms with Crippen molar-refractivity contribution in [1.29, 1.82) is 0 Å². The molecule has 1 heterocycles. The van der Waals surface area contributed by atoms with Crippen LogP contribution in [0.5, 0.6) is 0 Å². The van der Waals surface area contributed by atoms with Gasteiger partial charge in [-0.25, -0.2) is 0 Å². The quantitative estimate of drug-likeness (QED) is 0.373. The first kappa shape index (κ1) is 5.81. The fourth-order valence-electron chi connectivity index (χ4n) is 0.530. The van der Waals surface area contributed by atoms with Gasteiger partial charge in [-0.3, -0.25) is 9.59 Å². The van der Waals surface area contributed by atoms with E-state index in [0.29, 0.717) is 0 Å². The van der Waals surface area contributed by atoms with Crippen LogP contribution in [-0.2, 0) is 9.59 Å². The number of rotatable bonds is 1. The first-order chi connectivity index (χ1) is 4.25. The lowest BCUT2D eigenvalue weighted by Crippen LogP contribution is -2.10. The van der Waals surface area contributed by atoms with Gasteiger partial charge in [-0.2, -0.15) is 0 Å². The summed E-state index contributed by atoms with van der Waals surface area (Å²) in [5, 5.41) is 6.07. The summed E-state index contributed by atoms with van der Waals surface area (Å²) in [5.74, 6) is -1.85. The lowest BCUT2D eigenvalue weighted by Gasteiger charge is -1.88. The highest BCUT2D eigenvalue weighted by molar-refractivity contribution is 6.06. The molecule has 0 aromatic heterocycles. The van der Waals surface area contributed by atoms with Crippen molar-refractivity contribution in [3.05, 3.63) is 12.7 Å². The molecule has 9 heavy (non-hydrogen) atoms. The van der Waals surface area contributed by atoms with E-state index in [0.717, 1.165) is 0 Å². The van der Waals surface area contributed by atoms with Gasteiger partial charge in [0.15, 0.2) is 0 Å². The Labute approximate surface area is 51.3 Å². The van der Waals surface area contributed by atoms with Gasteiger partial charge in [0, 0.05) is 0 Å². The summed E-state index contributed by atoms with van der Waals surface area (Å²) in [6.07, 6.45) is 1.24. The van der Waals surface area contributed by atoms with E-state index < -0.39 is 17.7 Å². The summed E-state index contributed by atoms with van der Waals surface area (Å²) >= 11 is 0. The van der Waals surface area contributed by atoms with Crippen LogP contribution < -0.4 is 0 Å². The molecule has 0 bridgehead atoms. The predicted molar refractivity (Wildman–Crippen MR) is 28.6 cm³/mol. The van der Waals surface area contributed by atoms with E-state index in [1.165, 1.54) is 6.08 Å². The van der Waals surface area contributed by atoms with Gasteiger partial charge in [0.25, 0.3) is 11.8 Å². The number of carbonyl (C=O) groups excluding carboxylic acids is 2. The molecule has 2 amide bonds. The number of azo groups is 1. The molecule has 46 valence electrons. The van der Waals surface area contributed by atoms with E-state index in [4.69, 9.17) is 0 Å². The average Bonchev–Trinajstić information content (AvgIpc) is 2.12. The monoisotopic (exact) mass is 124 g/mol. The largest absolute Gasteiger partial charge is 0.281 e. The van der Waals surface area contributed by atoms with Crippen LogP contribution in [0.3, 0.4) is 0 Å². The van der Waals surface area contributed by atoms with Crippen LogP contribution in [0, 0.1) is 5.92 Å². The topological polar surface area (TPSA) is 58.9 Å². The molecule has 0 fully saturated rings. The number of amides is 2. The number of nitrogens with zero attached hydrogens (tertiary/aromatic N) is 2. The molecule has 1 aliphatic heterocycles. The third kappa shape index (κ3) is 0.782. The Morgan fingerprint density at radius 2 is 1.78 bits per heavy atom. The maximum absolute atomic E-state index is 10.5. The standard InChI is InChI=1S/C5H4N2O2/c1-2-3-4(8)6-7-5(3)9/h2-3H,1H2. The van der Waals surface area contributed by atoms with E-state index in [1.807, 2.05) is 0 Å². The van der Waals surface area contributed by atoms with Crippen molar-refractivity contribution in [3.8, 4) is 0 Å². The van der Waals surface area contributed by atoms with Gasteiger partial charge in [0.05, 0.1) is 0 Å². The number of carbonyl (C=O) groups is 2. The Balaban J connectivity index is 2.87. The zero-order valence-corrected chi connectivity index (χ0v) is 4.57. The Morgan fingerprint density at radius 3 is 2.00 bits per heavy atom. The lowest BCUT2D eigenvalue weighted by atomic mass is 10.1. The molecule has 0 aromatic rings. The highest BCUT2D eigenvalue weighted by Crippen LogP contribution is 2.10. The van der Waals surface area contributed by atoms with Crippen molar-refractivity contribution in [2.24, 2.45) is 16.1 Å². The summed E-state index contributed by atoms with van der Waals surface area (Å²) in [7, 11) is 0. The van der Waals surface area contributed by atoms with E-state index in [1.54, 1.807) is 0 Å². The smallest absolute Gasteiger partial charge is 0.270 e. The van der Waals surface area contributed by atoms with E-state index in [9.17, 15) is 9.59 Å². The fourth-order valence-corrected chi connectivity index (χ4v) is 0.530. The van der Waals surface area contributed by atoms with Gasteiger partial charge < -0.3 is 0 Å². The molecule has 0 aliphatic carbocycles. The zero-order chi connectivity index (χ0) is 6.85. The SMILES string of the molecule is C=CC1C(=O)N=NC1=O. The molecule has 0 N–H and O–H groups in total. The van der Waals surface area contributed by atoms with E-state index in [-0.39, 0.29) is 0 Å². The molecule has 0 atom stereocenters. The van der Waals surface area contributed by atoms with Crippen molar-refractivity contribution in [1.82, 2.24) is 0 Å². The van der Waals surface area contributed by atoms with Gasteiger partial charge in [0.1, 0.15) is 5.92 Å². The van der Waals surface area contributed by atoms with Gasteiger partial charge in [0.2, 0.25) is 0 Å². The van der Waals surface area contributed by atoms with Crippen molar-refractivity contribution in [2.75, 3.05) is 0 Å². The zero-order valence-electron chi connectivity index (χ0n) is 4.57. The third-order valence-electron chi connectivity index (χ3n) is 1.01. The van der Waals surface area contributed by atoms with Gasteiger partial charge in [-0.15, -0.1) is 16.8 Å². The van der Waals surface area contributed by atoms with Gasteiger partial charge in [-0.1, -0.05) is 6.08 Å². The lowest BCUT2D eigenvalue weighted by molar-refractivity contribution is -0.126. The summed E-state index contributed by atoms with van der Waals surface area (Å²) in [5.41, 5.74) is 0. The van der Waals surface area contributed by atoms with E-state index >= 15 is 0 Å². The maximum atomic E-state index is 10.5. The van der Waals surface area contributed by atoms with Crippen molar-refractivity contribution < 1.29 is 9.59 Å². The van der Waals surface area contributed by atoms with Crippen LogP contribution in [0.1, 0.15) is 0 Å². The summed E-state index contributed by atoms with van der Waals surface area (Å²) in [6.45, 7) is 3.28. The van der Waals surface area contributed by atoms with Crippen LogP contribution in [0.25, 0.3) is 0 Å². The molecule has 4 nitrogen and oxygen atoms in total. The molecule has 0 aromatic carbocycles. The maximum Gasteiger partial charge on any atom is 0.281 e. The average molecular weight is 124 g/mol. The Hall–Kier alpha value is -1.32. The van der Waals surface area contributed by atoms with Crippen molar-refractivity contribution in [3.63, 3.8) is 0 Å². The highest BCUT2D eigenvalue weighted by Gasteiger charge is 2.28. The molecular formula is C5H4N2O2. The minimum atomic E-state index is -0.815. The molecule has 0 unspecified atom stereocenters. The molecule has 0 saturated carbocycles. The molecular weight excluding hydrogens is 120 g/mol. The Morgan fingerprint density at radius 1 is 1.33 bits per heavy atom. The summed E-state index contributed by atoms with van der Waals surface area (Å²) < 4.78 is 0. The Bertz CT molecular complexity index is 189. The van der Waals surface area contributed by atoms with Gasteiger partial charge >= 0.3 is 0 Å². The van der Waals surface area contributed by atoms with Gasteiger partial charge in [-0.05, 0) is 0 Å². The molecule has 1 rings (SSSR count). The molecule has 0 radical (unpaired) electrons. The highest BCUT2D eigenvalue weighted by atomic mass is 16.2. The second kappa shape index (κ2) is 1.89. The second-order valence-electron chi connectivity index (χ2n) is 1.59.